The Morgan fingerprint density at radius 1 is 0.405 bits per heavy atom. The van der Waals surface area contributed by atoms with E-state index in [4.69, 9.17) is 0 Å². The molecule has 0 amide bonds. The van der Waals surface area contributed by atoms with E-state index in [1.54, 1.807) is 0 Å². The predicted molar refractivity (Wildman–Crippen MR) is 180 cm³/mol. The largest absolute Gasteiger partial charge is 0.289 e. The van der Waals surface area contributed by atoms with Gasteiger partial charge in [0.1, 0.15) is 0 Å². The van der Waals surface area contributed by atoms with Crippen LogP contribution in [0.3, 0.4) is 0 Å². The summed E-state index contributed by atoms with van der Waals surface area (Å²) < 4.78 is 0. The van der Waals surface area contributed by atoms with Gasteiger partial charge in [0, 0.05) is 16.4 Å². The van der Waals surface area contributed by atoms with Crippen molar-refractivity contribution in [1.82, 2.24) is 0 Å². The van der Waals surface area contributed by atoms with Crippen molar-refractivity contribution in [3.05, 3.63) is 198 Å². The molecule has 0 aliphatic carbocycles. The number of hydrogen-bond donors (Lipinski definition) is 0. The molecule has 1 heterocycles. The maximum absolute atomic E-state index is 15.3. The van der Waals surface area contributed by atoms with Gasteiger partial charge in [-0.1, -0.05) is 176 Å². The molecule has 0 aromatic heterocycles. The second-order valence-electron chi connectivity index (χ2n) is 10.4. The summed E-state index contributed by atoms with van der Waals surface area (Å²) >= 11 is 0. The van der Waals surface area contributed by atoms with Crippen molar-refractivity contribution in [3.63, 3.8) is 0 Å². The number of rotatable bonds is 6. The van der Waals surface area contributed by atoms with Crippen molar-refractivity contribution < 1.29 is 4.79 Å². The van der Waals surface area contributed by atoms with E-state index in [0.29, 0.717) is 5.56 Å². The summed E-state index contributed by atoms with van der Waals surface area (Å²) in [5, 5.41) is 4.42. The molecule has 1 nitrogen and oxygen atoms in total. The number of Topliss-reactive ketones (excluding diaryl/α,β-unsaturated/α-hetero) is 1. The van der Waals surface area contributed by atoms with Crippen molar-refractivity contribution in [2.45, 2.75) is 0 Å². The third kappa shape index (κ3) is 4.22. The second-order valence-corrected chi connectivity index (χ2v) is 13.7. The van der Waals surface area contributed by atoms with Gasteiger partial charge in [0.25, 0.3) is 0 Å². The van der Waals surface area contributed by atoms with Crippen LogP contribution in [0.15, 0.2) is 176 Å². The summed E-state index contributed by atoms with van der Waals surface area (Å²) in [4.78, 5) is 15.3. The summed E-state index contributed by atoms with van der Waals surface area (Å²) in [5.74, 6) is 0.0680. The van der Waals surface area contributed by atoms with Crippen molar-refractivity contribution >= 4 is 45.0 Å². The number of allylic oxidation sites excluding steroid dienone is 1. The molecule has 7 rings (SSSR count). The molecule has 6 aromatic rings. The van der Waals surface area contributed by atoms with E-state index in [9.17, 15) is 0 Å². The lowest BCUT2D eigenvalue weighted by Crippen LogP contribution is -2.38. The molecule has 0 saturated carbocycles. The van der Waals surface area contributed by atoms with E-state index in [1.165, 1.54) is 21.5 Å². The summed E-state index contributed by atoms with van der Waals surface area (Å²) in [5.41, 5.74) is 6.12. The van der Waals surface area contributed by atoms with E-state index in [0.717, 1.165) is 27.6 Å². The lowest BCUT2D eigenvalue weighted by atomic mass is 9.85. The fourth-order valence-electron chi connectivity index (χ4n) is 6.29. The van der Waals surface area contributed by atoms with E-state index >= 15 is 4.79 Å². The molecule has 0 saturated heterocycles. The fraction of sp³-hybridized carbons (Fsp3) is 0. The lowest BCUT2D eigenvalue weighted by Gasteiger charge is -2.39. The van der Waals surface area contributed by atoms with Crippen molar-refractivity contribution in [1.29, 1.82) is 0 Å². The number of fused-ring (bicyclic) bond motifs is 1. The molecule has 6 aromatic carbocycles. The Balaban J connectivity index is 1.81. The molecule has 0 atom stereocenters. The van der Waals surface area contributed by atoms with Crippen LogP contribution in [0.5, 0.6) is 0 Å². The van der Waals surface area contributed by atoms with Crippen LogP contribution >= 0.6 is 6.89 Å². The molecule has 0 radical (unpaired) electrons. The van der Waals surface area contributed by atoms with Gasteiger partial charge in [-0.2, -0.15) is 0 Å². The predicted octanol–water partition coefficient (Wildman–Crippen LogP) is 8.01. The highest BCUT2D eigenvalue weighted by Crippen LogP contribution is 2.55. The Morgan fingerprint density at radius 3 is 1.33 bits per heavy atom. The molecule has 42 heavy (non-hydrogen) atoms. The topological polar surface area (TPSA) is 17.1 Å². The highest BCUT2D eigenvalue weighted by molar-refractivity contribution is 7.97. The SMILES string of the molecule is O=C(C1=P(c2ccccc2)(c2ccccc2)c2ccccc2C(c2ccccc2)=C1c1ccccc1)c1ccccc1. The van der Waals surface area contributed by atoms with Gasteiger partial charge in [0.2, 0.25) is 0 Å². The smallest absolute Gasteiger partial charge is 0.194 e. The Kier molecular flexibility index (Phi) is 6.88. The van der Waals surface area contributed by atoms with Gasteiger partial charge in [0.15, 0.2) is 5.78 Å². The molecular weight excluding hydrogens is 527 g/mol. The first-order chi connectivity index (χ1) is 20.8. The maximum atomic E-state index is 15.3. The molecule has 0 bridgehead atoms. The van der Waals surface area contributed by atoms with Crippen LogP contribution in [0.2, 0.25) is 0 Å². The van der Waals surface area contributed by atoms with Gasteiger partial charge in [-0.25, -0.2) is 0 Å². The number of ketones is 1. The Bertz CT molecular complexity index is 1910. The molecule has 1 aliphatic heterocycles. The van der Waals surface area contributed by atoms with Crippen molar-refractivity contribution in [3.8, 4) is 0 Å². The maximum Gasteiger partial charge on any atom is 0.194 e. The first-order valence-corrected chi connectivity index (χ1v) is 16.0. The molecule has 0 fully saturated rings. The van der Waals surface area contributed by atoms with Crippen LogP contribution in [0.25, 0.3) is 11.1 Å². The number of benzene rings is 6. The molecule has 2 heteroatoms. The zero-order valence-electron chi connectivity index (χ0n) is 23.1. The van der Waals surface area contributed by atoms with Crippen LogP contribution in [-0.4, -0.2) is 11.1 Å². The average Bonchev–Trinajstić information content (AvgIpc) is 3.09. The van der Waals surface area contributed by atoms with Gasteiger partial charge in [-0.15, -0.1) is 0 Å². The molecule has 0 spiro atoms. The van der Waals surface area contributed by atoms with Crippen molar-refractivity contribution in [2.75, 3.05) is 0 Å². The van der Waals surface area contributed by atoms with Gasteiger partial charge in [-0.3, -0.25) is 4.79 Å². The van der Waals surface area contributed by atoms with E-state index in [-0.39, 0.29) is 5.78 Å². The number of carbonyl (C=O) groups is 1. The number of carbonyl (C=O) groups excluding carboxylic acids is 1. The van der Waals surface area contributed by atoms with E-state index in [1.807, 2.05) is 42.5 Å². The molecule has 0 N–H and O–H groups in total. The quantitative estimate of drug-likeness (QED) is 0.150. The van der Waals surface area contributed by atoms with E-state index in [2.05, 4.69) is 133 Å². The summed E-state index contributed by atoms with van der Waals surface area (Å²) in [6.07, 6.45) is 0. The van der Waals surface area contributed by atoms with Crippen LogP contribution < -0.4 is 15.9 Å². The molecular formula is C40H29OP. The van der Waals surface area contributed by atoms with Gasteiger partial charge in [-0.05, 0) is 45.1 Å². The zero-order chi connectivity index (χ0) is 28.4. The Morgan fingerprint density at radius 2 is 0.810 bits per heavy atom. The molecule has 0 unspecified atom stereocenters. The van der Waals surface area contributed by atoms with Crippen molar-refractivity contribution in [2.24, 2.45) is 0 Å². The van der Waals surface area contributed by atoms with Crippen LogP contribution in [0.1, 0.15) is 27.0 Å². The van der Waals surface area contributed by atoms with Gasteiger partial charge in [0.05, 0.1) is 0 Å². The normalized spacial score (nSPS) is 13.9. The number of hydrogen-bond acceptors (Lipinski definition) is 1. The van der Waals surface area contributed by atoms with E-state index < -0.39 is 6.89 Å². The Labute approximate surface area is 247 Å². The minimum Gasteiger partial charge on any atom is -0.289 e. The zero-order valence-corrected chi connectivity index (χ0v) is 24.0. The monoisotopic (exact) mass is 556 g/mol. The highest BCUT2D eigenvalue weighted by Gasteiger charge is 2.41. The Hall–Kier alpha value is -4.97. The standard InChI is InChI=1S/C40H29OP/c41-39(32-22-10-3-11-23-32)40-38(31-20-8-2-9-21-31)37(30-18-6-1-7-19-30)35-28-16-17-29-36(35)42(40,33-24-12-4-13-25-33)34-26-14-5-15-27-34/h1-29H. The summed E-state index contributed by atoms with van der Waals surface area (Å²) in [6, 6.07) is 60.9. The molecule has 200 valence electrons. The van der Waals surface area contributed by atoms with Crippen LogP contribution in [-0.2, 0) is 0 Å². The highest BCUT2D eigenvalue weighted by atomic mass is 31.2. The van der Waals surface area contributed by atoms with Gasteiger partial charge >= 0.3 is 0 Å². The first-order valence-electron chi connectivity index (χ1n) is 14.2. The summed E-state index contributed by atoms with van der Waals surface area (Å²) in [6.45, 7) is -2.69. The average molecular weight is 557 g/mol. The third-order valence-corrected chi connectivity index (χ3v) is 12.4. The fourth-order valence-corrected chi connectivity index (χ4v) is 11.0. The first kappa shape index (κ1) is 26.0. The minimum atomic E-state index is -2.69. The van der Waals surface area contributed by atoms with Gasteiger partial charge < -0.3 is 0 Å². The third-order valence-electron chi connectivity index (χ3n) is 8.02. The van der Waals surface area contributed by atoms with Crippen LogP contribution in [0, 0.1) is 0 Å². The molecule has 1 aliphatic rings. The lowest BCUT2D eigenvalue weighted by molar-refractivity contribution is 0.106. The summed E-state index contributed by atoms with van der Waals surface area (Å²) in [7, 11) is 0. The van der Waals surface area contributed by atoms with Crippen LogP contribution in [0.4, 0.5) is 0 Å². The minimum absolute atomic E-state index is 0.0680. The second kappa shape index (κ2) is 11.1.